The maximum Gasteiger partial charge on any atom is 0.163 e. The predicted octanol–water partition coefficient (Wildman–Crippen LogP) is 1.00. The molecule has 1 aromatic rings. The summed E-state index contributed by atoms with van der Waals surface area (Å²) in [5.74, 6) is -0.0344. The van der Waals surface area contributed by atoms with Crippen LogP contribution < -0.4 is 10.2 Å². The van der Waals surface area contributed by atoms with E-state index in [0.29, 0.717) is 5.56 Å². The molecule has 1 aromatic carbocycles. The topological polar surface area (TPSA) is 52.6 Å². The molecule has 16 heavy (non-hydrogen) atoms. The number of hydrogen-bond donors (Lipinski definition) is 2. The van der Waals surface area contributed by atoms with Gasteiger partial charge in [-0.3, -0.25) is 4.79 Å². The Kier molecular flexibility index (Phi) is 3.10. The maximum absolute atomic E-state index is 11.2. The van der Waals surface area contributed by atoms with Crippen molar-refractivity contribution in [2.45, 2.75) is 6.92 Å². The fourth-order valence-corrected chi connectivity index (χ4v) is 1.94. The van der Waals surface area contributed by atoms with E-state index in [4.69, 9.17) is 0 Å². The first kappa shape index (κ1) is 11.0. The number of anilines is 1. The van der Waals surface area contributed by atoms with Crippen molar-refractivity contribution < 1.29 is 9.90 Å². The molecule has 1 saturated heterocycles. The Morgan fingerprint density at radius 2 is 2.06 bits per heavy atom. The van der Waals surface area contributed by atoms with Gasteiger partial charge < -0.3 is 15.3 Å². The second-order valence-corrected chi connectivity index (χ2v) is 3.99. The van der Waals surface area contributed by atoms with Gasteiger partial charge in [-0.05, 0) is 19.1 Å². The first-order valence-electron chi connectivity index (χ1n) is 5.48. The van der Waals surface area contributed by atoms with Crippen molar-refractivity contribution in [3.8, 4) is 5.75 Å². The lowest BCUT2D eigenvalue weighted by Crippen LogP contribution is -2.43. The smallest absolute Gasteiger partial charge is 0.163 e. The zero-order valence-electron chi connectivity index (χ0n) is 9.36. The zero-order valence-corrected chi connectivity index (χ0v) is 9.36. The van der Waals surface area contributed by atoms with E-state index >= 15 is 0 Å². The van der Waals surface area contributed by atoms with Gasteiger partial charge in [0.15, 0.2) is 5.78 Å². The van der Waals surface area contributed by atoms with Crippen LogP contribution in [0.3, 0.4) is 0 Å². The van der Waals surface area contributed by atoms with Crippen LogP contribution in [-0.4, -0.2) is 37.1 Å². The summed E-state index contributed by atoms with van der Waals surface area (Å²) in [6.45, 7) is 5.22. The molecule has 0 aromatic heterocycles. The van der Waals surface area contributed by atoms with Gasteiger partial charge in [0.05, 0.1) is 5.56 Å². The number of piperazine rings is 1. The first-order chi connectivity index (χ1) is 7.68. The van der Waals surface area contributed by atoms with Crippen LogP contribution >= 0.6 is 0 Å². The highest BCUT2D eigenvalue weighted by Gasteiger charge is 2.13. The molecular formula is C12H16N2O2. The number of nitrogens with zero attached hydrogens (tertiary/aromatic N) is 1. The summed E-state index contributed by atoms with van der Waals surface area (Å²) in [4.78, 5) is 13.4. The number of Topliss-reactive ketones (excluding diaryl/α,β-unsaturated/α-hetero) is 1. The Labute approximate surface area is 94.9 Å². The van der Waals surface area contributed by atoms with E-state index in [-0.39, 0.29) is 11.5 Å². The van der Waals surface area contributed by atoms with E-state index in [9.17, 15) is 9.90 Å². The number of hydrogen-bond acceptors (Lipinski definition) is 4. The summed E-state index contributed by atoms with van der Waals surface area (Å²) in [5.41, 5.74) is 1.36. The first-order valence-corrected chi connectivity index (χ1v) is 5.48. The summed E-state index contributed by atoms with van der Waals surface area (Å²) in [7, 11) is 0. The SMILES string of the molecule is CC(=O)c1ccc(N2CCNCC2)cc1O. The third-order valence-corrected chi connectivity index (χ3v) is 2.84. The molecule has 0 bridgehead atoms. The number of aromatic hydroxyl groups is 1. The molecule has 0 aliphatic carbocycles. The van der Waals surface area contributed by atoms with Gasteiger partial charge in [0, 0.05) is 37.9 Å². The second kappa shape index (κ2) is 4.53. The van der Waals surface area contributed by atoms with Crippen LogP contribution in [0.15, 0.2) is 18.2 Å². The van der Waals surface area contributed by atoms with Gasteiger partial charge >= 0.3 is 0 Å². The molecule has 1 aliphatic heterocycles. The van der Waals surface area contributed by atoms with Gasteiger partial charge in [0.25, 0.3) is 0 Å². The van der Waals surface area contributed by atoms with Crippen LogP contribution in [0.4, 0.5) is 5.69 Å². The molecule has 0 unspecified atom stereocenters. The average Bonchev–Trinajstić information content (AvgIpc) is 2.29. The molecule has 0 radical (unpaired) electrons. The van der Waals surface area contributed by atoms with Gasteiger partial charge in [-0.15, -0.1) is 0 Å². The number of benzene rings is 1. The predicted molar refractivity (Wildman–Crippen MR) is 63.2 cm³/mol. The Bertz CT molecular complexity index is 398. The van der Waals surface area contributed by atoms with Gasteiger partial charge in [-0.1, -0.05) is 0 Å². The lowest BCUT2D eigenvalue weighted by atomic mass is 10.1. The van der Waals surface area contributed by atoms with Gasteiger partial charge in [-0.25, -0.2) is 0 Å². The number of nitrogens with one attached hydrogen (secondary N) is 1. The standard InChI is InChI=1S/C12H16N2O2/c1-9(15)11-3-2-10(8-12(11)16)14-6-4-13-5-7-14/h2-3,8,13,16H,4-7H2,1H3. The third kappa shape index (κ3) is 2.17. The summed E-state index contributed by atoms with van der Waals surface area (Å²) in [6, 6.07) is 5.25. The van der Waals surface area contributed by atoms with E-state index < -0.39 is 0 Å². The lowest BCUT2D eigenvalue weighted by Gasteiger charge is -2.29. The fourth-order valence-electron chi connectivity index (χ4n) is 1.94. The van der Waals surface area contributed by atoms with Crippen LogP contribution in [0.1, 0.15) is 17.3 Å². The van der Waals surface area contributed by atoms with Crippen molar-refractivity contribution in [3.63, 3.8) is 0 Å². The number of phenolic OH excluding ortho intramolecular Hbond substituents is 1. The van der Waals surface area contributed by atoms with Crippen LogP contribution in [-0.2, 0) is 0 Å². The van der Waals surface area contributed by atoms with E-state index in [1.807, 2.05) is 6.07 Å². The van der Waals surface area contributed by atoms with Gasteiger partial charge in [-0.2, -0.15) is 0 Å². The highest BCUT2D eigenvalue weighted by atomic mass is 16.3. The minimum absolute atomic E-state index is 0.0727. The van der Waals surface area contributed by atoms with Crippen LogP contribution in [0.2, 0.25) is 0 Å². The average molecular weight is 220 g/mol. The molecule has 1 fully saturated rings. The van der Waals surface area contributed by atoms with Crippen molar-refractivity contribution in [1.29, 1.82) is 0 Å². The van der Waals surface area contributed by atoms with Gasteiger partial charge in [0.2, 0.25) is 0 Å². The molecule has 0 atom stereocenters. The summed E-state index contributed by atoms with van der Waals surface area (Å²) in [5, 5.41) is 13.0. The van der Waals surface area contributed by atoms with Crippen LogP contribution in [0.5, 0.6) is 5.75 Å². The molecule has 4 nitrogen and oxygen atoms in total. The molecule has 1 heterocycles. The number of carbonyl (C=O) groups is 1. The normalized spacial score (nSPS) is 16.2. The molecule has 2 rings (SSSR count). The van der Waals surface area contributed by atoms with Crippen molar-refractivity contribution in [2.24, 2.45) is 0 Å². The van der Waals surface area contributed by atoms with E-state index in [1.54, 1.807) is 12.1 Å². The Morgan fingerprint density at radius 1 is 1.38 bits per heavy atom. The number of carbonyl (C=O) groups excluding carboxylic acids is 1. The second-order valence-electron chi connectivity index (χ2n) is 3.99. The maximum atomic E-state index is 11.2. The summed E-state index contributed by atoms with van der Waals surface area (Å²) in [6.07, 6.45) is 0. The van der Waals surface area contributed by atoms with E-state index in [0.717, 1.165) is 31.9 Å². The number of phenols is 1. The Morgan fingerprint density at radius 3 is 2.62 bits per heavy atom. The minimum Gasteiger partial charge on any atom is -0.507 e. The van der Waals surface area contributed by atoms with E-state index in [2.05, 4.69) is 10.2 Å². The number of ketones is 1. The monoisotopic (exact) mass is 220 g/mol. The lowest BCUT2D eigenvalue weighted by molar-refractivity contribution is 0.101. The van der Waals surface area contributed by atoms with Gasteiger partial charge in [0.1, 0.15) is 5.75 Å². The quantitative estimate of drug-likeness (QED) is 0.730. The largest absolute Gasteiger partial charge is 0.507 e. The molecule has 0 amide bonds. The fraction of sp³-hybridized carbons (Fsp3) is 0.417. The highest BCUT2D eigenvalue weighted by molar-refractivity contribution is 5.97. The molecule has 0 spiro atoms. The van der Waals surface area contributed by atoms with Crippen molar-refractivity contribution in [3.05, 3.63) is 23.8 Å². The molecule has 1 aliphatic rings. The van der Waals surface area contributed by atoms with Crippen LogP contribution in [0, 0.1) is 0 Å². The number of rotatable bonds is 2. The third-order valence-electron chi connectivity index (χ3n) is 2.84. The van der Waals surface area contributed by atoms with Crippen molar-refractivity contribution >= 4 is 11.5 Å². The van der Waals surface area contributed by atoms with Crippen molar-refractivity contribution in [2.75, 3.05) is 31.1 Å². The molecular weight excluding hydrogens is 204 g/mol. The Balaban J connectivity index is 2.23. The molecule has 0 saturated carbocycles. The molecule has 86 valence electrons. The Hall–Kier alpha value is -1.55. The summed E-state index contributed by atoms with van der Waals surface area (Å²) < 4.78 is 0. The molecule has 2 N–H and O–H groups in total. The molecule has 4 heteroatoms. The summed E-state index contributed by atoms with van der Waals surface area (Å²) >= 11 is 0. The zero-order chi connectivity index (χ0) is 11.5. The van der Waals surface area contributed by atoms with Crippen molar-refractivity contribution in [1.82, 2.24) is 5.32 Å². The minimum atomic E-state index is -0.107. The van der Waals surface area contributed by atoms with E-state index in [1.165, 1.54) is 6.92 Å². The highest BCUT2D eigenvalue weighted by Crippen LogP contribution is 2.25. The van der Waals surface area contributed by atoms with Crippen LogP contribution in [0.25, 0.3) is 0 Å².